The number of rotatable bonds is 7. The van der Waals surface area contributed by atoms with Crippen molar-refractivity contribution in [3.05, 3.63) is 90.1 Å². The molecule has 7 nitrogen and oxygen atoms in total. The van der Waals surface area contributed by atoms with Crippen LogP contribution in [-0.4, -0.2) is 31.4 Å². The van der Waals surface area contributed by atoms with Crippen molar-refractivity contribution in [3.63, 3.8) is 0 Å². The number of methoxy groups -OCH3 is 1. The van der Waals surface area contributed by atoms with Crippen LogP contribution >= 0.6 is 0 Å². The van der Waals surface area contributed by atoms with Crippen LogP contribution < -0.4 is 19.9 Å². The third-order valence-electron chi connectivity index (χ3n) is 5.53. The number of carbonyl (C=O) groups excluding carboxylic acids is 3. The molecule has 1 aliphatic heterocycles. The molecule has 0 spiro atoms. The fraction of sp³-hybridized carbons (Fsp3) is 0.148. The van der Waals surface area contributed by atoms with E-state index in [0.29, 0.717) is 29.2 Å². The lowest BCUT2D eigenvalue weighted by molar-refractivity contribution is -0.120. The van der Waals surface area contributed by atoms with Gasteiger partial charge in [-0.2, -0.15) is 0 Å². The molecule has 3 aromatic rings. The first-order valence-electron chi connectivity index (χ1n) is 10.9. The summed E-state index contributed by atoms with van der Waals surface area (Å²) in [6.07, 6.45) is 0. The van der Waals surface area contributed by atoms with Gasteiger partial charge in [0.15, 0.2) is 0 Å². The number of para-hydroxylation sites is 3. The lowest BCUT2D eigenvalue weighted by Gasteiger charge is -2.25. The molecule has 0 fully saturated rings. The molecule has 3 aromatic carbocycles. The third-order valence-corrected chi connectivity index (χ3v) is 5.53. The van der Waals surface area contributed by atoms with Gasteiger partial charge in [-0.15, -0.1) is 0 Å². The number of carbonyl (C=O) groups is 3. The van der Waals surface area contributed by atoms with Crippen molar-refractivity contribution in [1.82, 2.24) is 0 Å². The Hall–Kier alpha value is -4.39. The Morgan fingerprint density at radius 1 is 0.912 bits per heavy atom. The maximum Gasteiger partial charge on any atom is 0.282 e. The lowest BCUT2D eigenvalue weighted by atomic mass is 10.0. The second-order valence-corrected chi connectivity index (χ2v) is 7.68. The average Bonchev–Trinajstić information content (AvgIpc) is 3.10. The summed E-state index contributed by atoms with van der Waals surface area (Å²) in [5, 5.41) is 2.72. The summed E-state index contributed by atoms with van der Waals surface area (Å²) in [6, 6.07) is 23.3. The van der Waals surface area contributed by atoms with Crippen LogP contribution in [0, 0.1) is 0 Å². The van der Waals surface area contributed by atoms with Gasteiger partial charge in [-0.05, 0) is 48.9 Å². The summed E-state index contributed by atoms with van der Waals surface area (Å²) >= 11 is 0. The molecule has 0 aliphatic carbocycles. The molecule has 1 heterocycles. The van der Waals surface area contributed by atoms with Crippen LogP contribution in [0.2, 0.25) is 0 Å². The second-order valence-electron chi connectivity index (χ2n) is 7.68. The molecule has 0 atom stereocenters. The predicted octanol–water partition coefficient (Wildman–Crippen LogP) is 4.46. The molecule has 0 aromatic heterocycles. The summed E-state index contributed by atoms with van der Waals surface area (Å²) in [6.45, 7) is 3.84. The summed E-state index contributed by atoms with van der Waals surface area (Å²) < 4.78 is 5.44. The van der Waals surface area contributed by atoms with Gasteiger partial charge in [0.05, 0.1) is 18.4 Å². The number of hydrogen-bond donors (Lipinski definition) is 1. The molecular formula is C27H25N3O4. The van der Waals surface area contributed by atoms with Crippen LogP contribution in [0.5, 0.6) is 5.75 Å². The number of likely N-dealkylation sites (N-methyl/N-ethyl adjacent to an activating group) is 1. The molecule has 172 valence electrons. The Bertz CT molecular complexity index is 1270. The molecule has 0 bridgehead atoms. The second kappa shape index (κ2) is 9.62. The Kier molecular flexibility index (Phi) is 6.45. The van der Waals surface area contributed by atoms with E-state index in [1.54, 1.807) is 48.5 Å². The number of nitrogens with zero attached hydrogens (tertiary/aromatic N) is 2. The minimum Gasteiger partial charge on any atom is -0.495 e. The number of amides is 3. The van der Waals surface area contributed by atoms with Gasteiger partial charge in [0.1, 0.15) is 11.4 Å². The van der Waals surface area contributed by atoms with E-state index in [0.717, 1.165) is 10.6 Å². The zero-order valence-corrected chi connectivity index (χ0v) is 19.2. The fourth-order valence-electron chi connectivity index (χ4n) is 4.06. The molecule has 34 heavy (non-hydrogen) atoms. The molecule has 0 saturated heterocycles. The van der Waals surface area contributed by atoms with Crippen LogP contribution in [0.4, 0.5) is 17.1 Å². The van der Waals surface area contributed by atoms with E-state index in [1.807, 2.05) is 42.2 Å². The highest BCUT2D eigenvalue weighted by molar-refractivity contribution is 6.46. The van der Waals surface area contributed by atoms with Gasteiger partial charge in [0.25, 0.3) is 11.8 Å². The largest absolute Gasteiger partial charge is 0.495 e. The van der Waals surface area contributed by atoms with E-state index in [-0.39, 0.29) is 17.2 Å². The van der Waals surface area contributed by atoms with E-state index in [1.165, 1.54) is 14.0 Å². The predicted molar refractivity (Wildman–Crippen MR) is 133 cm³/mol. The van der Waals surface area contributed by atoms with Crippen LogP contribution in [-0.2, 0) is 14.4 Å². The molecule has 0 radical (unpaired) electrons. The van der Waals surface area contributed by atoms with E-state index in [2.05, 4.69) is 5.32 Å². The van der Waals surface area contributed by atoms with Crippen molar-refractivity contribution < 1.29 is 19.1 Å². The van der Waals surface area contributed by atoms with Gasteiger partial charge >= 0.3 is 0 Å². The number of benzene rings is 3. The monoisotopic (exact) mass is 455 g/mol. The number of ether oxygens (including phenoxy) is 1. The number of imide groups is 1. The molecular weight excluding hydrogens is 430 g/mol. The maximum atomic E-state index is 13.8. The lowest BCUT2D eigenvalue weighted by Crippen LogP contribution is -2.35. The highest BCUT2D eigenvalue weighted by Gasteiger charge is 2.43. The van der Waals surface area contributed by atoms with Gasteiger partial charge in [0, 0.05) is 24.8 Å². The number of hydrogen-bond acceptors (Lipinski definition) is 5. The Labute approximate surface area is 198 Å². The van der Waals surface area contributed by atoms with Gasteiger partial charge in [0.2, 0.25) is 5.91 Å². The first-order valence-corrected chi connectivity index (χ1v) is 10.9. The summed E-state index contributed by atoms with van der Waals surface area (Å²) in [5.41, 5.74) is 2.94. The van der Waals surface area contributed by atoms with Crippen molar-refractivity contribution in [2.24, 2.45) is 0 Å². The van der Waals surface area contributed by atoms with Gasteiger partial charge in [-0.3, -0.25) is 14.4 Å². The van der Waals surface area contributed by atoms with Crippen LogP contribution in [0.25, 0.3) is 5.57 Å². The molecule has 0 saturated carbocycles. The number of nitrogens with one attached hydrogen (secondary N) is 1. The smallest absolute Gasteiger partial charge is 0.282 e. The van der Waals surface area contributed by atoms with Crippen LogP contribution in [0.1, 0.15) is 19.4 Å². The van der Waals surface area contributed by atoms with E-state index >= 15 is 0 Å². The van der Waals surface area contributed by atoms with Crippen LogP contribution in [0.3, 0.4) is 0 Å². The van der Waals surface area contributed by atoms with E-state index in [9.17, 15) is 14.4 Å². The van der Waals surface area contributed by atoms with E-state index < -0.39 is 11.8 Å². The third kappa shape index (κ3) is 4.15. The SMILES string of the molecule is CCN(C1=C(c2ccc(NC(C)=O)cc2)C(=O)N(c2ccccc2OC)C1=O)c1ccccc1. The summed E-state index contributed by atoms with van der Waals surface area (Å²) in [4.78, 5) is 42.1. The molecule has 3 amide bonds. The molecule has 1 aliphatic rings. The first kappa shape index (κ1) is 22.8. The first-order chi connectivity index (χ1) is 16.5. The minimum atomic E-state index is -0.439. The number of anilines is 3. The Morgan fingerprint density at radius 2 is 1.56 bits per heavy atom. The topological polar surface area (TPSA) is 79.0 Å². The van der Waals surface area contributed by atoms with Crippen molar-refractivity contribution in [2.45, 2.75) is 13.8 Å². The fourth-order valence-corrected chi connectivity index (χ4v) is 4.06. The molecule has 7 heteroatoms. The van der Waals surface area contributed by atoms with Crippen LogP contribution in [0.15, 0.2) is 84.6 Å². The quantitative estimate of drug-likeness (QED) is 0.532. The molecule has 1 N–H and O–H groups in total. The van der Waals surface area contributed by atoms with Crippen molar-refractivity contribution in [3.8, 4) is 5.75 Å². The zero-order valence-electron chi connectivity index (χ0n) is 19.2. The van der Waals surface area contributed by atoms with Crippen molar-refractivity contribution in [1.29, 1.82) is 0 Å². The highest BCUT2D eigenvalue weighted by Crippen LogP contribution is 2.39. The highest BCUT2D eigenvalue weighted by atomic mass is 16.5. The molecule has 4 rings (SSSR count). The minimum absolute atomic E-state index is 0.191. The van der Waals surface area contributed by atoms with Gasteiger partial charge in [-0.25, -0.2) is 4.90 Å². The van der Waals surface area contributed by atoms with Crippen molar-refractivity contribution in [2.75, 3.05) is 28.8 Å². The standard InChI is InChI=1S/C27H25N3O4/c1-4-29(21-10-6-5-7-11-21)25-24(19-14-16-20(17-15-19)28-18(2)31)26(32)30(27(25)33)22-12-8-9-13-23(22)34-3/h5-17H,4H2,1-3H3,(H,28,31). The normalized spacial score (nSPS) is 13.3. The zero-order chi connectivity index (χ0) is 24.2. The van der Waals surface area contributed by atoms with E-state index in [4.69, 9.17) is 4.74 Å². The molecule has 0 unspecified atom stereocenters. The summed E-state index contributed by atoms with van der Waals surface area (Å²) in [7, 11) is 1.50. The Balaban J connectivity index is 1.88. The van der Waals surface area contributed by atoms with Crippen molar-refractivity contribution >= 4 is 40.4 Å². The average molecular weight is 456 g/mol. The summed E-state index contributed by atoms with van der Waals surface area (Å²) in [5.74, 6) is -0.635. The van der Waals surface area contributed by atoms with Gasteiger partial charge < -0.3 is 15.0 Å². The maximum absolute atomic E-state index is 13.8. The van der Waals surface area contributed by atoms with Gasteiger partial charge in [-0.1, -0.05) is 42.5 Å². The Morgan fingerprint density at radius 3 is 2.18 bits per heavy atom.